The Bertz CT molecular complexity index is 705. The predicted octanol–water partition coefficient (Wildman–Crippen LogP) is 2.24. The zero-order valence-corrected chi connectivity index (χ0v) is 10.4. The molecule has 0 fully saturated rings. The van der Waals surface area contributed by atoms with Crippen molar-refractivity contribution in [3.63, 3.8) is 0 Å². The van der Waals surface area contributed by atoms with Gasteiger partial charge in [-0.3, -0.25) is 0 Å². The maximum absolute atomic E-state index is 12.3. The molecule has 4 nitrogen and oxygen atoms in total. The van der Waals surface area contributed by atoms with E-state index < -0.39 is 14.6 Å². The van der Waals surface area contributed by atoms with Crippen molar-refractivity contribution >= 4 is 20.7 Å². The summed E-state index contributed by atoms with van der Waals surface area (Å²) in [6, 6.07) is 8.96. The Hall–Kier alpha value is -1.80. The molecule has 1 aromatic heterocycles. The van der Waals surface area contributed by atoms with Crippen LogP contribution in [0.1, 0.15) is 13.8 Å². The van der Waals surface area contributed by atoms with Crippen LogP contribution in [0.3, 0.4) is 0 Å². The smallest absolute Gasteiger partial charge is 0.198 e. The first kappa shape index (κ1) is 11.7. The normalized spacial score (nSPS) is 12.5. The van der Waals surface area contributed by atoms with E-state index in [9.17, 15) is 8.42 Å². The van der Waals surface area contributed by atoms with Crippen molar-refractivity contribution in [1.82, 2.24) is 4.98 Å². The number of para-hydroxylation sites is 1. The molecule has 0 saturated heterocycles. The molecule has 0 spiro atoms. The molecule has 0 unspecified atom stereocenters. The summed E-state index contributed by atoms with van der Waals surface area (Å²) < 4.78 is 23.2. The number of benzene rings is 1. The number of sulfone groups is 1. The topological polar surface area (TPSA) is 73.7 Å². The fraction of sp³-hybridized carbons (Fsp3) is 0.250. The van der Waals surface area contributed by atoms with Gasteiger partial charge in [0.15, 0.2) is 14.6 Å². The Balaban J connectivity index is 2.75. The lowest BCUT2D eigenvalue weighted by atomic mass is 10.2. The van der Waals surface area contributed by atoms with Crippen LogP contribution in [0, 0.1) is 11.3 Å². The third-order valence-electron chi connectivity index (χ3n) is 2.78. The van der Waals surface area contributed by atoms with Gasteiger partial charge in [-0.1, -0.05) is 18.2 Å². The fourth-order valence-electron chi connectivity index (χ4n) is 1.60. The van der Waals surface area contributed by atoms with Gasteiger partial charge in [0.2, 0.25) is 0 Å². The van der Waals surface area contributed by atoms with E-state index in [4.69, 9.17) is 5.26 Å². The largest absolute Gasteiger partial charge is 0.360 e. The summed E-state index contributed by atoms with van der Waals surface area (Å²) in [5.74, 6) is 0. The van der Waals surface area contributed by atoms with E-state index in [0.29, 0.717) is 5.39 Å². The molecule has 0 amide bonds. The summed E-state index contributed by atoms with van der Waals surface area (Å²) in [4.78, 5) is 3.08. The average Bonchev–Trinajstić information content (AvgIpc) is 2.72. The number of aromatic amines is 1. The van der Waals surface area contributed by atoms with E-state index in [1.807, 2.05) is 12.1 Å². The number of nitrogens with one attached hydrogen (secondary N) is 1. The number of nitrogens with zero attached hydrogens (tertiary/aromatic N) is 1. The second kappa shape index (κ2) is 3.60. The summed E-state index contributed by atoms with van der Waals surface area (Å²) in [6.07, 6.45) is 1.44. The first-order valence-electron chi connectivity index (χ1n) is 5.12. The van der Waals surface area contributed by atoms with Crippen molar-refractivity contribution in [2.75, 3.05) is 0 Å². The second-order valence-corrected chi connectivity index (χ2v) is 6.79. The van der Waals surface area contributed by atoms with Gasteiger partial charge in [0.25, 0.3) is 0 Å². The van der Waals surface area contributed by atoms with Crippen molar-refractivity contribution in [2.45, 2.75) is 23.5 Å². The molecule has 1 aromatic carbocycles. The summed E-state index contributed by atoms with van der Waals surface area (Å²) in [5.41, 5.74) is 0.750. The number of hydrogen-bond donors (Lipinski definition) is 1. The Labute approximate surface area is 99.8 Å². The zero-order chi connectivity index (χ0) is 12.7. The highest BCUT2D eigenvalue weighted by Crippen LogP contribution is 2.30. The van der Waals surface area contributed by atoms with E-state index in [0.717, 1.165) is 5.52 Å². The van der Waals surface area contributed by atoms with Gasteiger partial charge in [-0.15, -0.1) is 0 Å². The van der Waals surface area contributed by atoms with Gasteiger partial charge in [-0.25, -0.2) is 8.42 Å². The molecule has 0 aliphatic rings. The molecule has 2 aromatic rings. The first-order valence-corrected chi connectivity index (χ1v) is 6.60. The van der Waals surface area contributed by atoms with Crippen LogP contribution < -0.4 is 0 Å². The molecular formula is C12H12N2O2S. The second-order valence-electron chi connectivity index (χ2n) is 4.32. The van der Waals surface area contributed by atoms with Gasteiger partial charge in [-0.2, -0.15) is 5.26 Å². The van der Waals surface area contributed by atoms with Crippen LogP contribution in [-0.4, -0.2) is 18.1 Å². The molecular weight excluding hydrogens is 236 g/mol. The molecule has 17 heavy (non-hydrogen) atoms. The van der Waals surface area contributed by atoms with Gasteiger partial charge in [0.05, 0.1) is 11.0 Å². The summed E-state index contributed by atoms with van der Waals surface area (Å²) in [5, 5.41) is 9.58. The van der Waals surface area contributed by atoms with E-state index in [1.165, 1.54) is 20.0 Å². The fourth-order valence-corrected chi connectivity index (χ4v) is 2.95. The van der Waals surface area contributed by atoms with Crippen LogP contribution >= 0.6 is 0 Å². The highest BCUT2D eigenvalue weighted by molar-refractivity contribution is 7.93. The minimum absolute atomic E-state index is 0.180. The third kappa shape index (κ3) is 1.61. The standard InChI is InChI=1S/C12H12N2O2S/c1-12(2,8-13)17(15,16)11-7-14-10-6-4-3-5-9(10)11/h3-7,14H,1-2H3. The SMILES string of the molecule is CC(C)(C#N)S(=O)(=O)c1c[nH]c2ccccc12. The van der Waals surface area contributed by atoms with Crippen LogP contribution in [0.25, 0.3) is 10.9 Å². The molecule has 88 valence electrons. The third-order valence-corrected chi connectivity index (χ3v) is 5.13. The Morgan fingerprint density at radius 3 is 2.59 bits per heavy atom. The van der Waals surface area contributed by atoms with Crippen LogP contribution in [0.5, 0.6) is 0 Å². The van der Waals surface area contributed by atoms with Crippen LogP contribution in [0.15, 0.2) is 35.4 Å². The summed E-state index contributed by atoms with van der Waals surface area (Å²) in [6.45, 7) is 2.81. The lowest BCUT2D eigenvalue weighted by molar-refractivity contribution is 0.575. The lowest BCUT2D eigenvalue weighted by Gasteiger charge is -2.15. The van der Waals surface area contributed by atoms with Gasteiger partial charge >= 0.3 is 0 Å². The van der Waals surface area contributed by atoms with Crippen molar-refractivity contribution in [1.29, 1.82) is 5.26 Å². The van der Waals surface area contributed by atoms with Crippen LogP contribution in [-0.2, 0) is 9.84 Å². The van der Waals surface area contributed by atoms with Gasteiger partial charge < -0.3 is 4.98 Å². The highest BCUT2D eigenvalue weighted by Gasteiger charge is 2.37. The van der Waals surface area contributed by atoms with Crippen molar-refractivity contribution in [3.05, 3.63) is 30.5 Å². The number of fused-ring (bicyclic) bond motifs is 1. The molecule has 0 bridgehead atoms. The van der Waals surface area contributed by atoms with E-state index in [2.05, 4.69) is 4.98 Å². The maximum Gasteiger partial charge on any atom is 0.198 e. The average molecular weight is 248 g/mol. The molecule has 0 atom stereocenters. The highest BCUT2D eigenvalue weighted by atomic mass is 32.2. The number of hydrogen-bond acceptors (Lipinski definition) is 3. The molecule has 0 saturated carbocycles. The number of rotatable bonds is 2. The van der Waals surface area contributed by atoms with Crippen LogP contribution in [0.4, 0.5) is 0 Å². The van der Waals surface area contributed by atoms with E-state index >= 15 is 0 Å². The molecule has 0 radical (unpaired) electrons. The lowest BCUT2D eigenvalue weighted by Crippen LogP contribution is -2.29. The molecule has 2 rings (SSSR count). The maximum atomic E-state index is 12.3. The Kier molecular flexibility index (Phi) is 2.48. The van der Waals surface area contributed by atoms with Crippen molar-refractivity contribution in [3.8, 4) is 6.07 Å². The minimum Gasteiger partial charge on any atom is -0.360 e. The number of nitriles is 1. The monoisotopic (exact) mass is 248 g/mol. The van der Waals surface area contributed by atoms with Gasteiger partial charge in [0, 0.05) is 17.1 Å². The zero-order valence-electron chi connectivity index (χ0n) is 9.56. The molecule has 1 N–H and O–H groups in total. The summed E-state index contributed by atoms with van der Waals surface area (Å²) >= 11 is 0. The minimum atomic E-state index is -3.66. The summed E-state index contributed by atoms with van der Waals surface area (Å²) in [7, 11) is -3.66. The molecule has 0 aliphatic carbocycles. The Morgan fingerprint density at radius 1 is 1.29 bits per heavy atom. The van der Waals surface area contributed by atoms with Crippen molar-refractivity contribution < 1.29 is 8.42 Å². The quantitative estimate of drug-likeness (QED) is 0.885. The first-order chi connectivity index (χ1) is 7.90. The molecule has 1 heterocycles. The Morgan fingerprint density at radius 2 is 1.94 bits per heavy atom. The van der Waals surface area contributed by atoms with Gasteiger partial charge in [0.1, 0.15) is 0 Å². The molecule has 0 aliphatic heterocycles. The number of aromatic nitrogens is 1. The molecule has 5 heteroatoms. The van der Waals surface area contributed by atoms with E-state index in [1.54, 1.807) is 18.2 Å². The predicted molar refractivity (Wildman–Crippen MR) is 65.2 cm³/mol. The van der Waals surface area contributed by atoms with Gasteiger partial charge in [-0.05, 0) is 19.9 Å². The van der Waals surface area contributed by atoms with Crippen molar-refractivity contribution in [2.24, 2.45) is 0 Å². The van der Waals surface area contributed by atoms with E-state index in [-0.39, 0.29) is 4.90 Å². The number of H-pyrrole nitrogens is 1. The van der Waals surface area contributed by atoms with Crippen LogP contribution in [0.2, 0.25) is 0 Å².